The molecule has 0 spiro atoms. The normalized spacial score (nSPS) is 39.6. The predicted molar refractivity (Wildman–Crippen MR) is 157 cm³/mol. The lowest BCUT2D eigenvalue weighted by Crippen LogP contribution is -2.58. The summed E-state index contributed by atoms with van der Waals surface area (Å²) in [5.41, 5.74) is 2.35. The molecule has 0 aliphatic heterocycles. The van der Waals surface area contributed by atoms with Crippen LogP contribution in [0.3, 0.4) is 0 Å². The van der Waals surface area contributed by atoms with E-state index < -0.39 is 18.2 Å². The van der Waals surface area contributed by atoms with Crippen LogP contribution in [-0.4, -0.2) is 46.4 Å². The van der Waals surface area contributed by atoms with Crippen LogP contribution in [0, 0.1) is 39.4 Å². The van der Waals surface area contributed by atoms with Gasteiger partial charge in [0.25, 0.3) is 0 Å². The molecule has 4 aliphatic rings. The van der Waals surface area contributed by atoms with Crippen molar-refractivity contribution in [2.45, 2.75) is 132 Å². The van der Waals surface area contributed by atoms with Crippen molar-refractivity contribution in [3.63, 3.8) is 0 Å². The second-order valence-electron chi connectivity index (χ2n) is 14.9. The predicted octanol–water partition coefficient (Wildman–Crippen LogP) is 6.63. The summed E-state index contributed by atoms with van der Waals surface area (Å²) in [5.74, 6) is -1.05. The number of allylic oxidation sites excluding steroid dienone is 1. The minimum absolute atomic E-state index is 0.0351. The van der Waals surface area contributed by atoms with Crippen LogP contribution in [0.25, 0.3) is 0 Å². The molecule has 230 valence electrons. The van der Waals surface area contributed by atoms with Crippen molar-refractivity contribution in [1.82, 2.24) is 0 Å². The molecule has 2 saturated carbocycles. The molecule has 0 aromatic carbocycles. The molecule has 0 aromatic heterocycles. The highest BCUT2D eigenvalue weighted by atomic mass is 16.5. The molecular formula is C34H52O7. The Bertz CT molecular complexity index is 1150. The first-order valence-electron chi connectivity index (χ1n) is 15.6. The van der Waals surface area contributed by atoms with Crippen LogP contribution in [0.1, 0.15) is 114 Å². The summed E-state index contributed by atoms with van der Waals surface area (Å²) in [5, 5.41) is 21.3. The fourth-order valence-electron chi connectivity index (χ4n) is 10.1. The first-order valence-corrected chi connectivity index (χ1v) is 15.6. The molecule has 7 nitrogen and oxygen atoms in total. The van der Waals surface area contributed by atoms with E-state index in [4.69, 9.17) is 9.47 Å². The zero-order valence-corrected chi connectivity index (χ0v) is 26.6. The quantitative estimate of drug-likeness (QED) is 0.200. The van der Waals surface area contributed by atoms with Gasteiger partial charge in [-0.1, -0.05) is 53.2 Å². The number of carbonyl (C=O) groups excluding carboxylic acids is 2. The van der Waals surface area contributed by atoms with E-state index in [2.05, 4.69) is 41.5 Å². The number of aliphatic carboxylic acids is 1. The van der Waals surface area contributed by atoms with E-state index in [-0.39, 0.29) is 63.0 Å². The van der Waals surface area contributed by atoms with Crippen LogP contribution in [0.2, 0.25) is 0 Å². The van der Waals surface area contributed by atoms with Gasteiger partial charge in [0, 0.05) is 31.3 Å². The third-order valence-electron chi connectivity index (χ3n) is 12.6. The Morgan fingerprint density at radius 2 is 1.66 bits per heavy atom. The molecule has 2 fully saturated rings. The van der Waals surface area contributed by atoms with Gasteiger partial charge in [0.2, 0.25) is 0 Å². The Kier molecular flexibility index (Phi) is 8.40. The van der Waals surface area contributed by atoms with Crippen molar-refractivity contribution >= 4 is 17.9 Å². The number of hydrogen-bond acceptors (Lipinski definition) is 6. The molecule has 9 atom stereocenters. The van der Waals surface area contributed by atoms with Gasteiger partial charge in [-0.2, -0.15) is 0 Å². The van der Waals surface area contributed by atoms with Gasteiger partial charge in [0.1, 0.15) is 12.2 Å². The van der Waals surface area contributed by atoms with E-state index in [9.17, 15) is 24.6 Å². The fourth-order valence-corrected chi connectivity index (χ4v) is 10.1. The zero-order chi connectivity index (χ0) is 30.7. The van der Waals surface area contributed by atoms with Crippen LogP contribution in [0.15, 0.2) is 22.8 Å². The lowest BCUT2D eigenvalue weighted by atomic mass is 9.42. The van der Waals surface area contributed by atoms with Gasteiger partial charge in [-0.25, -0.2) is 4.79 Å². The summed E-state index contributed by atoms with van der Waals surface area (Å²) in [6.45, 7) is 18.1. The molecule has 7 heteroatoms. The number of aliphatic hydroxyl groups excluding tert-OH is 1. The van der Waals surface area contributed by atoms with Crippen LogP contribution >= 0.6 is 0 Å². The highest BCUT2D eigenvalue weighted by molar-refractivity contribution is 5.85. The maximum absolute atomic E-state index is 12.1. The lowest BCUT2D eigenvalue weighted by Gasteiger charge is -2.63. The number of esters is 2. The Morgan fingerprint density at radius 1 is 1.00 bits per heavy atom. The zero-order valence-electron chi connectivity index (χ0n) is 26.6. The van der Waals surface area contributed by atoms with Crippen LogP contribution in [0.5, 0.6) is 0 Å². The maximum Gasteiger partial charge on any atom is 0.330 e. The number of carboxylic acids is 1. The summed E-state index contributed by atoms with van der Waals surface area (Å²) < 4.78 is 11.6. The van der Waals surface area contributed by atoms with Crippen molar-refractivity contribution in [1.29, 1.82) is 0 Å². The average Bonchev–Trinajstić information content (AvgIpc) is 3.14. The smallest absolute Gasteiger partial charge is 0.330 e. The molecule has 0 unspecified atom stereocenters. The summed E-state index contributed by atoms with van der Waals surface area (Å²) in [7, 11) is 0. The highest BCUT2D eigenvalue weighted by Crippen LogP contribution is 2.72. The number of hydrogen-bond donors (Lipinski definition) is 2. The van der Waals surface area contributed by atoms with E-state index in [0.717, 1.165) is 38.5 Å². The Labute approximate surface area is 246 Å². The lowest BCUT2D eigenvalue weighted by molar-refractivity contribution is -0.169. The van der Waals surface area contributed by atoms with Crippen molar-refractivity contribution in [2.75, 3.05) is 0 Å². The van der Waals surface area contributed by atoms with Gasteiger partial charge in [-0.3, -0.25) is 9.59 Å². The second kappa shape index (κ2) is 10.8. The van der Waals surface area contributed by atoms with E-state index in [1.165, 1.54) is 25.0 Å². The molecule has 41 heavy (non-hydrogen) atoms. The number of rotatable bonds is 7. The number of aliphatic hydroxyl groups is 1. The van der Waals surface area contributed by atoms with Crippen LogP contribution in [0.4, 0.5) is 0 Å². The molecule has 0 amide bonds. The largest absolute Gasteiger partial charge is 0.478 e. The summed E-state index contributed by atoms with van der Waals surface area (Å²) >= 11 is 0. The second-order valence-corrected chi connectivity index (χ2v) is 14.9. The van der Waals surface area contributed by atoms with Crippen molar-refractivity contribution < 1.29 is 34.1 Å². The van der Waals surface area contributed by atoms with Crippen LogP contribution < -0.4 is 0 Å². The fraction of sp³-hybridized carbons (Fsp3) is 0.794. The van der Waals surface area contributed by atoms with E-state index in [1.807, 2.05) is 0 Å². The maximum atomic E-state index is 12.1. The van der Waals surface area contributed by atoms with E-state index in [1.54, 1.807) is 13.0 Å². The molecule has 0 saturated heterocycles. The Hall–Kier alpha value is -2.15. The molecule has 2 N–H and O–H groups in total. The standard InChI is InChI=1S/C34H52O7/c1-19(30(38)39)10-11-26(40-21(3)35)20(2)23-12-17-34(9)29-24(13-16-33(23,34)8)32(7)15-14-28(41-22(4)36)31(5,6)27(32)18-25(29)37/h10,20,23,25-28,37H,11-18H2,1-9H3,(H,38,39)/b19-10+/t20-,23+,25+,26-,27-,28-,32+,33+,34-/m0/s1. The first-order chi connectivity index (χ1) is 18.9. The van der Waals surface area contributed by atoms with Gasteiger partial charge in [-0.05, 0) is 91.4 Å². The molecule has 4 rings (SSSR count). The van der Waals surface area contributed by atoms with Gasteiger partial charge in [0.15, 0.2) is 0 Å². The minimum atomic E-state index is -0.963. The Balaban J connectivity index is 1.69. The summed E-state index contributed by atoms with van der Waals surface area (Å²) in [4.78, 5) is 35.4. The topological polar surface area (TPSA) is 110 Å². The summed E-state index contributed by atoms with van der Waals surface area (Å²) in [6.07, 6.45) is 7.25. The van der Waals surface area contributed by atoms with Crippen molar-refractivity contribution in [2.24, 2.45) is 39.4 Å². The minimum Gasteiger partial charge on any atom is -0.478 e. The molecule has 0 radical (unpaired) electrons. The molecule has 4 aliphatic carbocycles. The monoisotopic (exact) mass is 572 g/mol. The number of carboxylic acid groups (broad SMARTS) is 1. The molecule has 0 aromatic rings. The number of fused-ring (bicyclic) bond motifs is 4. The van der Waals surface area contributed by atoms with Crippen molar-refractivity contribution in [3.05, 3.63) is 22.8 Å². The SMILES string of the molecule is CC(=O)O[C@@H](C/C=C(\C)C(=O)O)[C@@H](C)[C@H]1CC[C@@]2(C)C3=C(CC[C@]12C)[C@@]1(C)CC[C@H](OC(C)=O)C(C)(C)[C@@H]1C[C@H]3O. The van der Waals surface area contributed by atoms with Crippen molar-refractivity contribution in [3.8, 4) is 0 Å². The number of ether oxygens (including phenoxy) is 2. The van der Waals surface area contributed by atoms with Gasteiger partial charge in [-0.15, -0.1) is 0 Å². The van der Waals surface area contributed by atoms with E-state index >= 15 is 0 Å². The highest BCUT2D eigenvalue weighted by Gasteiger charge is 2.65. The van der Waals surface area contributed by atoms with Crippen LogP contribution in [-0.2, 0) is 23.9 Å². The third-order valence-corrected chi connectivity index (χ3v) is 12.6. The third kappa shape index (κ3) is 5.08. The molecule has 0 bridgehead atoms. The molecule has 0 heterocycles. The van der Waals surface area contributed by atoms with E-state index in [0.29, 0.717) is 12.8 Å². The Morgan fingerprint density at radius 3 is 2.24 bits per heavy atom. The van der Waals surface area contributed by atoms with Gasteiger partial charge in [0.05, 0.1) is 6.10 Å². The molecular weight excluding hydrogens is 520 g/mol. The van der Waals surface area contributed by atoms with Gasteiger partial charge < -0.3 is 19.7 Å². The summed E-state index contributed by atoms with van der Waals surface area (Å²) in [6, 6.07) is 0. The number of carbonyl (C=O) groups is 3. The first kappa shape index (κ1) is 31.8. The van der Waals surface area contributed by atoms with Gasteiger partial charge >= 0.3 is 17.9 Å². The average molecular weight is 573 g/mol.